The first-order valence-corrected chi connectivity index (χ1v) is 6.49. The lowest BCUT2D eigenvalue weighted by Crippen LogP contribution is -2.23. The maximum absolute atomic E-state index is 11.8. The minimum atomic E-state index is -0.292. The van der Waals surface area contributed by atoms with Crippen molar-refractivity contribution in [2.75, 3.05) is 16.8 Å². The summed E-state index contributed by atoms with van der Waals surface area (Å²) in [5, 5.41) is 2.74. The zero-order valence-corrected chi connectivity index (χ0v) is 10.8. The molecule has 0 spiro atoms. The fourth-order valence-corrected chi connectivity index (χ4v) is 2.25. The zero-order chi connectivity index (χ0) is 13.9. The smallest absolute Gasteiger partial charge is 0.291 e. The Morgan fingerprint density at radius 3 is 2.60 bits per heavy atom. The third-order valence-electron chi connectivity index (χ3n) is 3.26. The number of anilines is 2. The van der Waals surface area contributed by atoms with Gasteiger partial charge in [-0.25, -0.2) is 0 Å². The predicted octanol–water partition coefficient (Wildman–Crippen LogP) is 2.66. The molecule has 1 fully saturated rings. The predicted molar refractivity (Wildman–Crippen MR) is 74.7 cm³/mol. The molecule has 0 unspecified atom stereocenters. The van der Waals surface area contributed by atoms with E-state index in [1.54, 1.807) is 29.2 Å². The number of benzene rings is 1. The molecular formula is C15H14N2O3. The largest absolute Gasteiger partial charge is 0.459 e. The molecule has 0 radical (unpaired) electrons. The lowest BCUT2D eigenvalue weighted by Gasteiger charge is -2.15. The molecule has 20 heavy (non-hydrogen) atoms. The monoisotopic (exact) mass is 270 g/mol. The van der Waals surface area contributed by atoms with E-state index in [1.807, 2.05) is 12.1 Å². The summed E-state index contributed by atoms with van der Waals surface area (Å²) in [5.74, 6) is 0.126. The number of hydrogen-bond donors (Lipinski definition) is 1. The fraction of sp³-hybridized carbons (Fsp3) is 0.200. The first-order valence-electron chi connectivity index (χ1n) is 6.49. The van der Waals surface area contributed by atoms with Crippen LogP contribution in [0, 0.1) is 0 Å². The molecule has 5 nitrogen and oxygen atoms in total. The number of carbonyl (C=O) groups excluding carboxylic acids is 2. The van der Waals surface area contributed by atoms with Crippen LogP contribution in [0.4, 0.5) is 11.4 Å². The van der Waals surface area contributed by atoms with Gasteiger partial charge in [0.15, 0.2) is 5.76 Å². The molecule has 2 heterocycles. The lowest BCUT2D eigenvalue weighted by molar-refractivity contribution is -0.117. The van der Waals surface area contributed by atoms with Crippen molar-refractivity contribution in [2.24, 2.45) is 0 Å². The van der Waals surface area contributed by atoms with Crippen LogP contribution in [0.15, 0.2) is 47.1 Å². The Bertz CT molecular complexity index is 617. The Morgan fingerprint density at radius 2 is 2.00 bits per heavy atom. The maximum Gasteiger partial charge on any atom is 0.291 e. The lowest BCUT2D eigenvalue weighted by atomic mass is 10.2. The van der Waals surface area contributed by atoms with Crippen molar-refractivity contribution in [3.63, 3.8) is 0 Å². The van der Waals surface area contributed by atoms with Gasteiger partial charge >= 0.3 is 0 Å². The normalized spacial score (nSPS) is 14.6. The van der Waals surface area contributed by atoms with E-state index in [-0.39, 0.29) is 17.6 Å². The van der Waals surface area contributed by atoms with Gasteiger partial charge in [0.25, 0.3) is 5.91 Å². The van der Waals surface area contributed by atoms with Crippen LogP contribution >= 0.6 is 0 Å². The van der Waals surface area contributed by atoms with Crippen molar-refractivity contribution in [3.8, 4) is 0 Å². The van der Waals surface area contributed by atoms with Crippen LogP contribution in [0.5, 0.6) is 0 Å². The van der Waals surface area contributed by atoms with Gasteiger partial charge in [0.05, 0.1) is 6.26 Å². The standard InChI is InChI=1S/C15H14N2O3/c18-14-4-1-9-17(14)12-7-5-11(6-8-12)16-15(19)13-3-2-10-20-13/h2-3,5-8,10H,1,4,9H2,(H,16,19). The molecule has 1 N–H and O–H groups in total. The summed E-state index contributed by atoms with van der Waals surface area (Å²) in [7, 11) is 0. The highest BCUT2D eigenvalue weighted by Crippen LogP contribution is 2.23. The van der Waals surface area contributed by atoms with Crippen LogP contribution in [0.1, 0.15) is 23.4 Å². The zero-order valence-electron chi connectivity index (χ0n) is 10.8. The van der Waals surface area contributed by atoms with Crippen LogP contribution in [0.3, 0.4) is 0 Å². The van der Waals surface area contributed by atoms with Crippen LogP contribution in [0.2, 0.25) is 0 Å². The Balaban J connectivity index is 1.70. The van der Waals surface area contributed by atoms with E-state index in [0.717, 1.165) is 18.7 Å². The minimum absolute atomic E-state index is 0.150. The summed E-state index contributed by atoms with van der Waals surface area (Å²) in [5.41, 5.74) is 1.53. The molecule has 1 saturated heterocycles. The number of furan rings is 1. The van der Waals surface area contributed by atoms with E-state index >= 15 is 0 Å². The quantitative estimate of drug-likeness (QED) is 0.932. The molecule has 0 saturated carbocycles. The van der Waals surface area contributed by atoms with E-state index < -0.39 is 0 Å². The molecule has 1 aliphatic rings. The minimum Gasteiger partial charge on any atom is -0.459 e. The highest BCUT2D eigenvalue weighted by Gasteiger charge is 2.21. The van der Waals surface area contributed by atoms with Crippen molar-refractivity contribution in [1.82, 2.24) is 0 Å². The number of rotatable bonds is 3. The molecule has 5 heteroatoms. The first kappa shape index (κ1) is 12.5. The van der Waals surface area contributed by atoms with Gasteiger partial charge in [0.2, 0.25) is 5.91 Å². The number of nitrogens with zero attached hydrogens (tertiary/aromatic N) is 1. The van der Waals surface area contributed by atoms with E-state index in [1.165, 1.54) is 6.26 Å². The molecular weight excluding hydrogens is 256 g/mol. The van der Waals surface area contributed by atoms with Gasteiger partial charge in [-0.15, -0.1) is 0 Å². The van der Waals surface area contributed by atoms with Crippen LogP contribution in [-0.2, 0) is 4.79 Å². The third kappa shape index (κ3) is 2.42. The van der Waals surface area contributed by atoms with Crippen LogP contribution in [-0.4, -0.2) is 18.4 Å². The van der Waals surface area contributed by atoms with E-state index in [4.69, 9.17) is 4.42 Å². The number of nitrogens with one attached hydrogen (secondary N) is 1. The van der Waals surface area contributed by atoms with Crippen molar-refractivity contribution in [1.29, 1.82) is 0 Å². The van der Waals surface area contributed by atoms with Gasteiger partial charge in [-0.1, -0.05) is 0 Å². The second kappa shape index (κ2) is 5.21. The maximum atomic E-state index is 11.8. The van der Waals surface area contributed by atoms with Crippen molar-refractivity contribution in [2.45, 2.75) is 12.8 Å². The Morgan fingerprint density at radius 1 is 1.20 bits per heavy atom. The average Bonchev–Trinajstić information content (AvgIpc) is 3.11. The molecule has 102 valence electrons. The molecule has 1 aliphatic heterocycles. The Hall–Kier alpha value is -2.56. The summed E-state index contributed by atoms with van der Waals surface area (Å²) in [6.07, 6.45) is 2.96. The van der Waals surface area contributed by atoms with Crippen LogP contribution < -0.4 is 10.2 Å². The summed E-state index contributed by atoms with van der Waals surface area (Å²) >= 11 is 0. The summed E-state index contributed by atoms with van der Waals surface area (Å²) in [4.78, 5) is 25.2. The van der Waals surface area contributed by atoms with Crippen molar-refractivity contribution < 1.29 is 14.0 Å². The van der Waals surface area contributed by atoms with Gasteiger partial charge in [-0.2, -0.15) is 0 Å². The summed E-state index contributed by atoms with van der Waals surface area (Å²) in [6, 6.07) is 10.5. The molecule has 2 amide bonds. The van der Waals surface area contributed by atoms with E-state index in [2.05, 4.69) is 5.32 Å². The molecule has 2 aromatic rings. The van der Waals surface area contributed by atoms with E-state index in [0.29, 0.717) is 12.1 Å². The average molecular weight is 270 g/mol. The molecule has 1 aromatic carbocycles. The highest BCUT2D eigenvalue weighted by atomic mass is 16.3. The third-order valence-corrected chi connectivity index (χ3v) is 3.26. The number of hydrogen-bond acceptors (Lipinski definition) is 3. The van der Waals surface area contributed by atoms with Gasteiger partial charge < -0.3 is 14.6 Å². The summed E-state index contributed by atoms with van der Waals surface area (Å²) in [6.45, 7) is 0.761. The van der Waals surface area contributed by atoms with E-state index in [9.17, 15) is 9.59 Å². The Labute approximate surface area is 116 Å². The number of carbonyl (C=O) groups is 2. The highest BCUT2D eigenvalue weighted by molar-refractivity contribution is 6.02. The Kier molecular flexibility index (Phi) is 3.25. The van der Waals surface area contributed by atoms with Gasteiger partial charge in [0, 0.05) is 24.3 Å². The molecule has 3 rings (SSSR count). The molecule has 1 aromatic heterocycles. The van der Waals surface area contributed by atoms with Gasteiger partial charge in [-0.3, -0.25) is 9.59 Å². The van der Waals surface area contributed by atoms with Crippen LogP contribution in [0.25, 0.3) is 0 Å². The SMILES string of the molecule is O=C(Nc1ccc(N2CCCC2=O)cc1)c1ccco1. The topological polar surface area (TPSA) is 62.6 Å². The molecule has 0 bridgehead atoms. The molecule has 0 atom stereocenters. The van der Waals surface area contributed by atoms with Gasteiger partial charge in [0.1, 0.15) is 0 Å². The number of amides is 2. The molecule has 0 aliphatic carbocycles. The second-order valence-corrected chi connectivity index (χ2v) is 4.63. The second-order valence-electron chi connectivity index (χ2n) is 4.63. The summed E-state index contributed by atoms with van der Waals surface area (Å²) < 4.78 is 5.02. The fourth-order valence-electron chi connectivity index (χ4n) is 2.25. The van der Waals surface area contributed by atoms with Crippen molar-refractivity contribution >= 4 is 23.2 Å². The first-order chi connectivity index (χ1) is 9.74. The van der Waals surface area contributed by atoms with Gasteiger partial charge in [-0.05, 0) is 42.8 Å². The van der Waals surface area contributed by atoms with Crippen molar-refractivity contribution in [3.05, 3.63) is 48.4 Å².